The monoisotopic (exact) mass is 184 g/mol. The van der Waals surface area contributed by atoms with Gasteiger partial charge in [0.2, 0.25) is 0 Å². The second kappa shape index (κ2) is 3.63. The fourth-order valence-electron chi connectivity index (χ4n) is 0.501. The minimum Gasteiger partial charge on any atom is -0.380 e. The third-order valence-electron chi connectivity index (χ3n) is 1.40. The van der Waals surface area contributed by atoms with Crippen molar-refractivity contribution in [3.63, 3.8) is 0 Å². The van der Waals surface area contributed by atoms with Crippen LogP contribution in [0, 0.1) is 16.9 Å². The molecule has 1 atom stereocenters. The quantitative estimate of drug-likeness (QED) is 0.452. The van der Waals surface area contributed by atoms with Gasteiger partial charge in [-0.3, -0.25) is 0 Å². The number of hydrogen-bond donors (Lipinski definition) is 1. The molecule has 1 unspecified atom stereocenters. The Bertz CT molecular complexity index is 197. The highest BCUT2D eigenvalue weighted by Crippen LogP contribution is 2.18. The van der Waals surface area contributed by atoms with Gasteiger partial charge in [-0.2, -0.15) is 0 Å². The van der Waals surface area contributed by atoms with Gasteiger partial charge in [0.25, 0.3) is 0 Å². The molecule has 0 spiro atoms. The normalized spacial score (nSPS) is 14.9. The summed E-state index contributed by atoms with van der Waals surface area (Å²) in [5.41, 5.74) is 3.05. The molecule has 1 nitrogen and oxygen atoms in total. The van der Waals surface area contributed by atoms with Crippen molar-refractivity contribution >= 4 is 8.07 Å². The van der Waals surface area contributed by atoms with E-state index in [1.54, 1.807) is 0 Å². The summed E-state index contributed by atoms with van der Waals surface area (Å²) in [5, 5.41) is 9.60. The fourth-order valence-corrected chi connectivity index (χ4v) is 1.07. The highest BCUT2D eigenvalue weighted by atomic mass is 28.3. The third-order valence-corrected chi connectivity index (χ3v) is 2.30. The third kappa shape index (κ3) is 5.40. The second-order valence-corrected chi connectivity index (χ2v) is 10.0. The number of hydrogen-bond acceptors (Lipinski definition) is 1. The largest absolute Gasteiger partial charge is 0.380 e. The molecule has 0 saturated heterocycles. The Labute approximate surface area is 77.2 Å². The van der Waals surface area contributed by atoms with Crippen molar-refractivity contribution in [1.82, 2.24) is 0 Å². The van der Waals surface area contributed by atoms with Crippen LogP contribution in [0.5, 0.6) is 0 Å². The topological polar surface area (TPSA) is 20.2 Å². The average molecular weight is 184 g/mol. The summed E-state index contributed by atoms with van der Waals surface area (Å²) in [6, 6.07) is 0. The Balaban J connectivity index is 4.34. The molecule has 2 heteroatoms. The molecule has 0 rings (SSSR count). The van der Waals surface area contributed by atoms with Gasteiger partial charge in [0, 0.05) is 0 Å². The molecule has 0 aliphatic heterocycles. The van der Waals surface area contributed by atoms with Crippen molar-refractivity contribution in [1.29, 1.82) is 0 Å². The predicted octanol–water partition coefficient (Wildman–Crippen LogP) is 2.27. The first-order valence-electron chi connectivity index (χ1n) is 4.34. The molecule has 0 aromatic rings. The zero-order valence-corrected chi connectivity index (χ0v) is 10.0. The maximum absolute atomic E-state index is 9.60. The van der Waals surface area contributed by atoms with Gasteiger partial charge in [0.1, 0.15) is 14.2 Å². The zero-order chi connectivity index (χ0) is 9.99. The molecule has 0 fully saturated rings. The van der Waals surface area contributed by atoms with E-state index in [9.17, 15) is 5.11 Å². The van der Waals surface area contributed by atoms with Gasteiger partial charge in [-0.05, 0) is 5.41 Å². The minimum atomic E-state index is -1.32. The van der Waals surface area contributed by atoms with Crippen LogP contribution < -0.4 is 0 Å². The van der Waals surface area contributed by atoms with E-state index in [-0.39, 0.29) is 5.41 Å². The van der Waals surface area contributed by atoms with Crippen molar-refractivity contribution in [2.24, 2.45) is 5.41 Å². The Kier molecular flexibility index (Phi) is 3.55. The summed E-state index contributed by atoms with van der Waals surface area (Å²) in [7, 11) is -1.32. The van der Waals surface area contributed by atoms with Gasteiger partial charge in [0.15, 0.2) is 0 Å². The van der Waals surface area contributed by atoms with Crippen LogP contribution >= 0.6 is 0 Å². The lowest BCUT2D eigenvalue weighted by Gasteiger charge is -2.21. The van der Waals surface area contributed by atoms with Crippen LogP contribution in [-0.4, -0.2) is 19.3 Å². The summed E-state index contributed by atoms with van der Waals surface area (Å²) in [5.74, 6) is 2.93. The van der Waals surface area contributed by atoms with E-state index < -0.39 is 14.2 Å². The second-order valence-electron chi connectivity index (χ2n) is 5.29. The van der Waals surface area contributed by atoms with Crippen LogP contribution in [0.4, 0.5) is 0 Å². The summed E-state index contributed by atoms with van der Waals surface area (Å²) in [4.78, 5) is 0. The average Bonchev–Trinajstić information content (AvgIpc) is 1.78. The summed E-state index contributed by atoms with van der Waals surface area (Å²) < 4.78 is 0. The molecule has 0 radical (unpaired) electrons. The van der Waals surface area contributed by atoms with E-state index >= 15 is 0 Å². The van der Waals surface area contributed by atoms with Gasteiger partial charge >= 0.3 is 0 Å². The Morgan fingerprint density at radius 2 is 1.58 bits per heavy atom. The molecule has 70 valence electrons. The molecular formula is C10H20OSi. The van der Waals surface area contributed by atoms with Crippen molar-refractivity contribution in [3.05, 3.63) is 0 Å². The summed E-state index contributed by atoms with van der Waals surface area (Å²) in [6.07, 6.45) is -0.496. The van der Waals surface area contributed by atoms with Crippen molar-refractivity contribution in [3.8, 4) is 11.5 Å². The lowest BCUT2D eigenvalue weighted by Crippen LogP contribution is -2.26. The van der Waals surface area contributed by atoms with Crippen molar-refractivity contribution in [2.75, 3.05) is 0 Å². The maximum Gasteiger partial charge on any atom is 0.129 e. The van der Waals surface area contributed by atoms with E-state index in [2.05, 4.69) is 31.1 Å². The lowest BCUT2D eigenvalue weighted by atomic mass is 9.90. The van der Waals surface area contributed by atoms with Gasteiger partial charge < -0.3 is 5.11 Å². The molecule has 0 bridgehead atoms. The molecule has 0 aliphatic rings. The van der Waals surface area contributed by atoms with E-state index in [0.29, 0.717) is 0 Å². The molecular weight excluding hydrogens is 164 g/mol. The van der Waals surface area contributed by atoms with E-state index in [1.165, 1.54) is 0 Å². The van der Waals surface area contributed by atoms with E-state index in [0.717, 1.165) is 0 Å². The van der Waals surface area contributed by atoms with Gasteiger partial charge in [-0.1, -0.05) is 46.3 Å². The number of rotatable bonds is 0. The Morgan fingerprint density at radius 3 is 1.83 bits per heavy atom. The standard InChI is InChI=1S/C10H20OSi/c1-10(2,3)9(11)7-8-12(4,5)6/h9,11H,1-6H3. The van der Waals surface area contributed by atoms with E-state index in [1.807, 2.05) is 20.8 Å². The van der Waals surface area contributed by atoms with Crippen LogP contribution in [-0.2, 0) is 0 Å². The maximum atomic E-state index is 9.60. The van der Waals surface area contributed by atoms with Gasteiger partial charge in [-0.25, -0.2) is 0 Å². The molecule has 0 aliphatic carbocycles. The van der Waals surface area contributed by atoms with Crippen LogP contribution in [0.25, 0.3) is 0 Å². The summed E-state index contributed by atoms with van der Waals surface area (Å²) >= 11 is 0. The predicted molar refractivity (Wildman–Crippen MR) is 56.6 cm³/mol. The SMILES string of the molecule is CC(C)(C)C(O)C#C[Si](C)(C)C. The Hall–Kier alpha value is -0.263. The Morgan fingerprint density at radius 1 is 1.17 bits per heavy atom. The fraction of sp³-hybridized carbons (Fsp3) is 0.800. The molecule has 12 heavy (non-hydrogen) atoms. The summed E-state index contributed by atoms with van der Waals surface area (Å²) in [6.45, 7) is 12.5. The molecule has 0 amide bonds. The van der Waals surface area contributed by atoms with Crippen molar-refractivity contribution < 1.29 is 5.11 Å². The number of aliphatic hydroxyl groups excluding tert-OH is 1. The molecule has 1 N–H and O–H groups in total. The smallest absolute Gasteiger partial charge is 0.129 e. The van der Waals surface area contributed by atoms with Crippen LogP contribution in [0.2, 0.25) is 19.6 Å². The van der Waals surface area contributed by atoms with Gasteiger partial charge in [0.05, 0.1) is 0 Å². The highest BCUT2D eigenvalue weighted by molar-refractivity contribution is 6.83. The first kappa shape index (κ1) is 11.7. The van der Waals surface area contributed by atoms with E-state index in [4.69, 9.17) is 0 Å². The molecule has 0 heterocycles. The number of aliphatic hydroxyl groups is 1. The first-order valence-corrected chi connectivity index (χ1v) is 7.84. The molecule has 0 aromatic carbocycles. The lowest BCUT2D eigenvalue weighted by molar-refractivity contribution is 0.114. The molecule has 0 aromatic heterocycles. The minimum absolute atomic E-state index is 0.118. The highest BCUT2D eigenvalue weighted by Gasteiger charge is 2.20. The van der Waals surface area contributed by atoms with Crippen molar-refractivity contribution in [2.45, 2.75) is 46.5 Å². The zero-order valence-electron chi connectivity index (χ0n) is 9.02. The molecule has 0 saturated carbocycles. The van der Waals surface area contributed by atoms with Crippen LogP contribution in [0.15, 0.2) is 0 Å². The van der Waals surface area contributed by atoms with Crippen LogP contribution in [0.1, 0.15) is 20.8 Å². The van der Waals surface area contributed by atoms with Crippen LogP contribution in [0.3, 0.4) is 0 Å². The van der Waals surface area contributed by atoms with Gasteiger partial charge in [-0.15, -0.1) is 5.54 Å². The first-order chi connectivity index (χ1) is 5.13.